The highest BCUT2D eigenvalue weighted by Gasteiger charge is 2.40. The molecule has 0 heterocycles. The highest BCUT2D eigenvalue weighted by atomic mass is 28.4. The van der Waals surface area contributed by atoms with E-state index >= 15 is 0 Å². The average Bonchev–Trinajstić information content (AvgIpc) is 2.67. The van der Waals surface area contributed by atoms with Crippen LogP contribution in [0.1, 0.15) is 42.3 Å². The van der Waals surface area contributed by atoms with E-state index in [0.29, 0.717) is 37.8 Å². The Labute approximate surface area is 157 Å². The van der Waals surface area contributed by atoms with Crippen molar-refractivity contribution in [1.29, 1.82) is 0 Å². The lowest BCUT2D eigenvalue weighted by molar-refractivity contribution is 0.0713. The summed E-state index contributed by atoms with van der Waals surface area (Å²) in [5, 5.41) is 0. The zero-order valence-corrected chi connectivity index (χ0v) is 16.9. The van der Waals surface area contributed by atoms with Crippen LogP contribution in [0, 0.1) is 0 Å². The third kappa shape index (κ3) is 5.35. The van der Waals surface area contributed by atoms with Crippen molar-refractivity contribution in [2.45, 2.75) is 33.2 Å². The van der Waals surface area contributed by atoms with Crippen molar-refractivity contribution in [2.24, 2.45) is 0 Å². The Kier molecular flexibility index (Phi) is 8.19. The van der Waals surface area contributed by atoms with E-state index in [-0.39, 0.29) is 5.78 Å². The molecule has 0 fully saturated rings. The third-order valence-corrected chi connectivity index (χ3v) is 7.14. The molecule has 0 atom stereocenters. The zero-order valence-electron chi connectivity index (χ0n) is 15.9. The van der Waals surface area contributed by atoms with E-state index in [1.54, 1.807) is 0 Å². The maximum absolute atomic E-state index is 12.9. The van der Waals surface area contributed by atoms with Crippen LogP contribution >= 0.6 is 0 Å². The van der Waals surface area contributed by atoms with E-state index in [0.717, 1.165) is 11.1 Å². The van der Waals surface area contributed by atoms with E-state index in [4.69, 9.17) is 13.3 Å². The molecular formula is C21H28O4Si. The third-order valence-electron chi connectivity index (χ3n) is 4.09. The molecule has 4 nitrogen and oxygen atoms in total. The number of rotatable bonds is 11. The summed E-state index contributed by atoms with van der Waals surface area (Å²) in [7, 11) is -2.73. The molecule has 0 aliphatic rings. The van der Waals surface area contributed by atoms with Crippen molar-refractivity contribution < 1.29 is 18.1 Å². The van der Waals surface area contributed by atoms with Crippen LogP contribution < -0.4 is 0 Å². The molecular weight excluding hydrogens is 344 g/mol. The first kappa shape index (κ1) is 20.5. The minimum atomic E-state index is -2.73. The van der Waals surface area contributed by atoms with Crippen LogP contribution in [-0.2, 0) is 19.7 Å². The fourth-order valence-electron chi connectivity index (χ4n) is 2.99. The lowest BCUT2D eigenvalue weighted by Crippen LogP contribution is -2.46. The molecule has 140 valence electrons. The van der Waals surface area contributed by atoms with Crippen LogP contribution in [0.25, 0.3) is 0 Å². The second kappa shape index (κ2) is 10.4. The van der Waals surface area contributed by atoms with Gasteiger partial charge >= 0.3 is 8.80 Å². The van der Waals surface area contributed by atoms with Gasteiger partial charge in [-0.2, -0.15) is 0 Å². The lowest BCUT2D eigenvalue weighted by atomic mass is 9.97. The fourth-order valence-corrected chi connectivity index (χ4v) is 5.57. The van der Waals surface area contributed by atoms with Gasteiger partial charge in [0.1, 0.15) is 0 Å². The van der Waals surface area contributed by atoms with E-state index in [2.05, 4.69) is 0 Å². The SMILES string of the molecule is CCO[Si](CCc1ccccc1C(=O)c1ccccc1)(OCC)OCC. The van der Waals surface area contributed by atoms with Crippen LogP contribution in [0.5, 0.6) is 0 Å². The molecule has 0 aliphatic carbocycles. The van der Waals surface area contributed by atoms with Gasteiger partial charge in [-0.25, -0.2) is 0 Å². The summed E-state index contributed by atoms with van der Waals surface area (Å²) in [5.74, 6) is 0.0395. The Hall–Kier alpha value is -1.79. The number of carbonyl (C=O) groups is 1. The van der Waals surface area contributed by atoms with Gasteiger partial charge in [0.25, 0.3) is 0 Å². The van der Waals surface area contributed by atoms with E-state index in [9.17, 15) is 4.79 Å². The van der Waals surface area contributed by atoms with Gasteiger partial charge in [-0.15, -0.1) is 0 Å². The molecule has 0 saturated carbocycles. The highest BCUT2D eigenvalue weighted by molar-refractivity contribution is 6.60. The molecule has 2 aromatic rings. The summed E-state index contributed by atoms with van der Waals surface area (Å²) in [4.78, 5) is 12.9. The number of carbonyl (C=O) groups excluding carboxylic acids is 1. The lowest BCUT2D eigenvalue weighted by Gasteiger charge is -2.28. The summed E-state index contributed by atoms with van der Waals surface area (Å²) in [6.45, 7) is 7.51. The summed E-state index contributed by atoms with van der Waals surface area (Å²) in [6, 6.07) is 17.8. The van der Waals surface area contributed by atoms with Gasteiger partial charge < -0.3 is 13.3 Å². The van der Waals surface area contributed by atoms with Crippen molar-refractivity contribution in [1.82, 2.24) is 0 Å². The van der Waals surface area contributed by atoms with E-state index in [1.165, 1.54) is 0 Å². The van der Waals surface area contributed by atoms with Gasteiger partial charge in [0.05, 0.1) is 0 Å². The minimum absolute atomic E-state index is 0.0395. The molecule has 0 spiro atoms. The van der Waals surface area contributed by atoms with Crippen LogP contribution in [0.2, 0.25) is 6.04 Å². The number of ketones is 1. The predicted octanol–water partition coefficient (Wildman–Crippen LogP) is 4.51. The largest absolute Gasteiger partial charge is 0.501 e. The van der Waals surface area contributed by atoms with E-state index < -0.39 is 8.80 Å². The van der Waals surface area contributed by atoms with Crippen molar-refractivity contribution in [3.63, 3.8) is 0 Å². The number of benzene rings is 2. The molecule has 0 N–H and O–H groups in total. The minimum Gasteiger partial charge on any atom is -0.374 e. The Morgan fingerprint density at radius 1 is 0.808 bits per heavy atom. The Bertz CT molecular complexity index is 670. The standard InChI is InChI=1S/C21H28O4Si/c1-4-23-26(24-5-2,25-6-3)17-16-18-12-10-11-15-20(18)21(22)19-13-8-7-9-14-19/h7-15H,4-6,16-17H2,1-3H3. The maximum Gasteiger partial charge on any atom is 0.501 e. The molecule has 26 heavy (non-hydrogen) atoms. The number of hydrogen-bond donors (Lipinski definition) is 0. The summed E-state index contributed by atoms with van der Waals surface area (Å²) < 4.78 is 17.8. The predicted molar refractivity (Wildman–Crippen MR) is 105 cm³/mol. The molecule has 5 heteroatoms. The van der Waals surface area contributed by atoms with Crippen LogP contribution in [0.4, 0.5) is 0 Å². The smallest absolute Gasteiger partial charge is 0.374 e. The van der Waals surface area contributed by atoms with Crippen molar-refractivity contribution in [3.8, 4) is 0 Å². The van der Waals surface area contributed by atoms with Crippen LogP contribution in [0.15, 0.2) is 54.6 Å². The van der Waals surface area contributed by atoms with Gasteiger partial charge in [0.2, 0.25) is 0 Å². The van der Waals surface area contributed by atoms with Crippen LogP contribution in [0.3, 0.4) is 0 Å². The van der Waals surface area contributed by atoms with Crippen molar-refractivity contribution in [3.05, 3.63) is 71.3 Å². The first-order chi connectivity index (χ1) is 12.7. The van der Waals surface area contributed by atoms with Gasteiger partial charge in [-0.05, 0) is 32.8 Å². The first-order valence-corrected chi connectivity index (χ1v) is 11.2. The molecule has 0 amide bonds. The summed E-state index contributed by atoms with van der Waals surface area (Å²) >= 11 is 0. The van der Waals surface area contributed by atoms with Gasteiger partial charge in [0, 0.05) is 37.0 Å². The molecule has 0 saturated heterocycles. The Balaban J connectivity index is 2.22. The summed E-state index contributed by atoms with van der Waals surface area (Å²) in [6.07, 6.45) is 0.682. The summed E-state index contributed by atoms with van der Waals surface area (Å²) in [5.41, 5.74) is 2.42. The average molecular weight is 373 g/mol. The van der Waals surface area contributed by atoms with E-state index in [1.807, 2.05) is 75.4 Å². The topological polar surface area (TPSA) is 44.8 Å². The Morgan fingerprint density at radius 3 is 1.92 bits per heavy atom. The molecule has 0 aromatic heterocycles. The fraction of sp³-hybridized carbons (Fsp3) is 0.381. The molecule has 0 radical (unpaired) electrons. The molecule has 0 unspecified atom stereocenters. The van der Waals surface area contributed by atoms with Crippen molar-refractivity contribution in [2.75, 3.05) is 19.8 Å². The number of hydrogen-bond acceptors (Lipinski definition) is 4. The second-order valence-electron chi connectivity index (χ2n) is 5.83. The van der Waals surface area contributed by atoms with Crippen LogP contribution in [-0.4, -0.2) is 34.4 Å². The second-order valence-corrected chi connectivity index (χ2v) is 8.57. The monoisotopic (exact) mass is 372 g/mol. The molecule has 0 aliphatic heterocycles. The number of aryl methyl sites for hydroxylation is 1. The van der Waals surface area contributed by atoms with Gasteiger partial charge in [-0.1, -0.05) is 54.6 Å². The molecule has 2 aromatic carbocycles. The maximum atomic E-state index is 12.9. The first-order valence-electron chi connectivity index (χ1n) is 9.25. The zero-order chi connectivity index (χ0) is 18.8. The highest BCUT2D eigenvalue weighted by Crippen LogP contribution is 2.22. The quantitative estimate of drug-likeness (QED) is 0.430. The Morgan fingerprint density at radius 2 is 1.35 bits per heavy atom. The molecule has 0 bridgehead atoms. The van der Waals surface area contributed by atoms with Gasteiger partial charge in [0.15, 0.2) is 5.78 Å². The normalized spacial score (nSPS) is 11.5. The molecule has 2 rings (SSSR count). The van der Waals surface area contributed by atoms with Gasteiger partial charge in [-0.3, -0.25) is 4.79 Å². The van der Waals surface area contributed by atoms with Crippen molar-refractivity contribution >= 4 is 14.6 Å².